The minimum Gasteiger partial charge on any atom is -0.267 e. The number of rotatable bonds is 7. The lowest BCUT2D eigenvalue weighted by Gasteiger charge is -2.30. The zero-order valence-electron chi connectivity index (χ0n) is 24.8. The molecule has 0 saturated heterocycles. The van der Waals surface area contributed by atoms with Gasteiger partial charge in [0.2, 0.25) is 5.30 Å². The molecule has 39 heavy (non-hydrogen) atoms. The van der Waals surface area contributed by atoms with Crippen molar-refractivity contribution in [2.45, 2.75) is 73.1 Å². The monoisotopic (exact) mass is 541 g/mol. The van der Waals surface area contributed by atoms with E-state index in [-0.39, 0.29) is 10.8 Å². The van der Waals surface area contributed by atoms with Gasteiger partial charge in [0.15, 0.2) is 17.2 Å². The van der Waals surface area contributed by atoms with Crippen molar-refractivity contribution in [3.63, 3.8) is 0 Å². The molecule has 4 rings (SSSR count). The average Bonchev–Trinajstić information content (AvgIpc) is 2.87. The molecule has 0 spiro atoms. The van der Waals surface area contributed by atoms with Gasteiger partial charge in [-0.3, -0.25) is 13.6 Å². The largest absolute Gasteiger partial charge is 0.580 e. The van der Waals surface area contributed by atoms with Crippen molar-refractivity contribution in [2.75, 3.05) is 0 Å². The Kier molecular flexibility index (Phi) is 8.14. The second-order valence-corrected chi connectivity index (χ2v) is 14.3. The van der Waals surface area contributed by atoms with E-state index in [1.807, 2.05) is 54.6 Å². The van der Waals surface area contributed by atoms with Crippen molar-refractivity contribution in [2.24, 2.45) is 0 Å². The Morgan fingerprint density at radius 3 is 1.21 bits per heavy atom. The van der Waals surface area contributed by atoms with Crippen LogP contribution in [0.4, 0.5) is 0 Å². The molecule has 0 aliphatic heterocycles. The third-order valence-electron chi connectivity index (χ3n) is 6.90. The van der Waals surface area contributed by atoms with Crippen LogP contribution in [-0.2, 0) is 10.8 Å². The molecule has 0 bridgehead atoms. The number of para-hydroxylation sites is 3. The smallest absolute Gasteiger partial charge is 0.267 e. The zero-order valence-corrected chi connectivity index (χ0v) is 25.7. The Hall–Kier alpha value is -3.29. The lowest BCUT2D eigenvalue weighted by atomic mass is 9.81. The first kappa shape index (κ1) is 28.7. The van der Waals surface area contributed by atoms with Gasteiger partial charge in [0.25, 0.3) is 0 Å². The minimum absolute atomic E-state index is 0.00966. The van der Waals surface area contributed by atoms with Gasteiger partial charge < -0.3 is 0 Å². The molecular weight excluding hydrogens is 499 g/mol. The Bertz CT molecular complexity index is 1330. The predicted molar refractivity (Wildman–Crippen MR) is 166 cm³/mol. The lowest BCUT2D eigenvalue weighted by Crippen LogP contribution is -2.34. The fourth-order valence-corrected chi connectivity index (χ4v) is 7.16. The molecule has 4 aromatic rings. The van der Waals surface area contributed by atoms with Gasteiger partial charge >= 0.3 is 7.94 Å². The third kappa shape index (κ3) is 6.48. The number of hydrogen-bond donors (Lipinski definition) is 0. The van der Waals surface area contributed by atoms with Crippen molar-refractivity contribution in [3.05, 3.63) is 119 Å². The molecular formula is C35H42O3P+. The molecule has 0 radical (unpaired) electrons. The van der Waals surface area contributed by atoms with E-state index in [4.69, 9.17) is 13.6 Å². The summed E-state index contributed by atoms with van der Waals surface area (Å²) in [6, 6.07) is 30.9. The topological polar surface area (TPSA) is 27.7 Å². The molecule has 0 N–H and O–H groups in total. The molecule has 0 aliphatic rings. The van der Waals surface area contributed by atoms with E-state index in [0.29, 0.717) is 0 Å². The highest BCUT2D eigenvalue weighted by Crippen LogP contribution is 2.62. The van der Waals surface area contributed by atoms with Crippen LogP contribution < -0.4 is 18.9 Å². The minimum atomic E-state index is -3.30. The van der Waals surface area contributed by atoms with Crippen LogP contribution in [0.5, 0.6) is 17.2 Å². The Labute approximate surface area is 235 Å². The fourth-order valence-electron chi connectivity index (χ4n) is 4.41. The van der Waals surface area contributed by atoms with Gasteiger partial charge in [-0.25, -0.2) is 0 Å². The average molecular weight is 542 g/mol. The third-order valence-corrected chi connectivity index (χ3v) is 9.19. The van der Waals surface area contributed by atoms with E-state index >= 15 is 0 Å². The van der Waals surface area contributed by atoms with Crippen LogP contribution in [0, 0.1) is 20.8 Å². The van der Waals surface area contributed by atoms with E-state index < -0.39 is 7.94 Å². The second-order valence-electron chi connectivity index (χ2n) is 12.3. The predicted octanol–water partition coefficient (Wildman–Crippen LogP) is 9.83. The highest BCUT2D eigenvalue weighted by Gasteiger charge is 2.57. The summed E-state index contributed by atoms with van der Waals surface area (Å²) < 4.78 is 21.2. The summed E-state index contributed by atoms with van der Waals surface area (Å²) in [5.41, 5.74) is 5.27. The summed E-state index contributed by atoms with van der Waals surface area (Å²) in [5, 5.41) is 0.942. The van der Waals surface area contributed by atoms with Gasteiger partial charge in [0, 0.05) is 5.56 Å². The first-order valence-electron chi connectivity index (χ1n) is 13.6. The maximum atomic E-state index is 7.06. The van der Waals surface area contributed by atoms with Crippen LogP contribution in [-0.4, -0.2) is 0 Å². The van der Waals surface area contributed by atoms with Crippen molar-refractivity contribution in [3.8, 4) is 17.2 Å². The second kappa shape index (κ2) is 11.1. The molecule has 0 atom stereocenters. The first-order chi connectivity index (χ1) is 18.3. The van der Waals surface area contributed by atoms with E-state index in [0.717, 1.165) is 44.8 Å². The van der Waals surface area contributed by atoms with Gasteiger partial charge in [-0.05, 0) is 78.1 Å². The van der Waals surface area contributed by atoms with Crippen LogP contribution in [0.1, 0.15) is 69.4 Å². The Morgan fingerprint density at radius 1 is 0.487 bits per heavy atom. The molecule has 0 unspecified atom stereocenters. The SMILES string of the molecule is Cc1ccccc1O[P+](Oc1ccccc1C)(Oc1ccccc1C)c1ccc(C(C)(C)C)cc1C(C)(C)C. The van der Waals surface area contributed by atoms with Crippen LogP contribution in [0.2, 0.25) is 0 Å². The van der Waals surface area contributed by atoms with Gasteiger partial charge in [-0.2, -0.15) is 0 Å². The Morgan fingerprint density at radius 2 is 0.872 bits per heavy atom. The number of benzene rings is 4. The lowest BCUT2D eigenvalue weighted by molar-refractivity contribution is 0.365. The highest BCUT2D eigenvalue weighted by atomic mass is 31.2. The van der Waals surface area contributed by atoms with Crippen molar-refractivity contribution in [1.29, 1.82) is 0 Å². The van der Waals surface area contributed by atoms with Gasteiger partial charge in [-0.1, -0.05) is 108 Å². The molecule has 4 aromatic carbocycles. The van der Waals surface area contributed by atoms with Gasteiger partial charge in [0.1, 0.15) is 0 Å². The summed E-state index contributed by atoms with van der Waals surface area (Å²) >= 11 is 0. The van der Waals surface area contributed by atoms with E-state index in [1.54, 1.807) is 0 Å². The summed E-state index contributed by atoms with van der Waals surface area (Å²) in [6.07, 6.45) is 0. The molecule has 0 aromatic heterocycles. The normalized spacial score (nSPS) is 12.2. The zero-order chi connectivity index (χ0) is 28.4. The quantitative estimate of drug-likeness (QED) is 0.218. The van der Waals surface area contributed by atoms with E-state index in [9.17, 15) is 0 Å². The maximum absolute atomic E-state index is 7.06. The standard InChI is InChI=1S/C35H42O3P/c1-25-16-10-13-19-30(25)36-39(37-31-20-14-11-17-26(31)2,38-32-21-15-12-18-27(32)3)33-23-22-28(34(4,5)6)24-29(33)35(7,8)9/h10-24H,1-9H3/q+1. The molecule has 0 amide bonds. The summed E-state index contributed by atoms with van der Waals surface area (Å²) in [6.45, 7) is 19.6. The van der Waals surface area contributed by atoms with Crippen LogP contribution in [0.25, 0.3) is 0 Å². The number of aryl methyl sites for hydroxylation is 3. The highest BCUT2D eigenvalue weighted by molar-refractivity contribution is 7.70. The first-order valence-corrected chi connectivity index (χ1v) is 15.1. The molecule has 0 aliphatic carbocycles. The maximum Gasteiger partial charge on any atom is 0.580 e. The molecule has 0 heterocycles. The van der Waals surface area contributed by atoms with Gasteiger partial charge in [-0.15, -0.1) is 0 Å². The summed E-state index contributed by atoms with van der Waals surface area (Å²) in [5.74, 6) is 2.23. The molecule has 204 valence electrons. The molecule has 4 heteroatoms. The van der Waals surface area contributed by atoms with Crippen molar-refractivity contribution >= 4 is 13.2 Å². The van der Waals surface area contributed by atoms with Crippen LogP contribution in [0.15, 0.2) is 91.0 Å². The fraction of sp³-hybridized carbons (Fsp3) is 0.314. The Balaban J connectivity index is 2.07. The van der Waals surface area contributed by atoms with Crippen molar-refractivity contribution < 1.29 is 13.6 Å². The van der Waals surface area contributed by atoms with Gasteiger partial charge in [0.05, 0.1) is 0 Å². The molecule has 0 saturated carbocycles. The summed E-state index contributed by atoms with van der Waals surface area (Å²) in [7, 11) is -3.30. The van der Waals surface area contributed by atoms with Crippen LogP contribution >= 0.6 is 7.94 Å². The molecule has 0 fully saturated rings. The summed E-state index contributed by atoms with van der Waals surface area (Å²) in [4.78, 5) is 0. The van der Waals surface area contributed by atoms with E-state index in [1.165, 1.54) is 5.56 Å². The molecule has 3 nitrogen and oxygen atoms in total. The van der Waals surface area contributed by atoms with Crippen LogP contribution in [0.3, 0.4) is 0 Å². The van der Waals surface area contributed by atoms with Crippen molar-refractivity contribution in [1.82, 2.24) is 0 Å². The number of hydrogen-bond acceptors (Lipinski definition) is 3. The van der Waals surface area contributed by atoms with E-state index in [2.05, 4.69) is 98.7 Å².